The maximum absolute atomic E-state index is 14.0. The van der Waals surface area contributed by atoms with Crippen molar-refractivity contribution in [2.75, 3.05) is 20.3 Å². The van der Waals surface area contributed by atoms with Gasteiger partial charge in [-0.25, -0.2) is 13.2 Å². The summed E-state index contributed by atoms with van der Waals surface area (Å²) in [5, 5.41) is 8.85. The number of pyridine rings is 1. The van der Waals surface area contributed by atoms with Gasteiger partial charge in [0.25, 0.3) is 5.56 Å². The first kappa shape index (κ1) is 24.8. The summed E-state index contributed by atoms with van der Waals surface area (Å²) in [5.74, 6) is -1.14. The Morgan fingerprint density at radius 2 is 1.88 bits per heavy atom. The minimum atomic E-state index is -3.98. The Bertz CT molecular complexity index is 1320. The summed E-state index contributed by atoms with van der Waals surface area (Å²) in [6.07, 6.45) is 2.03. The van der Waals surface area contributed by atoms with Crippen molar-refractivity contribution >= 4 is 27.4 Å². The summed E-state index contributed by atoms with van der Waals surface area (Å²) >= 11 is 6.50. The van der Waals surface area contributed by atoms with Gasteiger partial charge in [-0.3, -0.25) is 4.79 Å². The molecule has 0 saturated heterocycles. The number of aromatic carboxylic acids is 1. The summed E-state index contributed by atoms with van der Waals surface area (Å²) in [6, 6.07) is 3.99. The van der Waals surface area contributed by atoms with Crippen LogP contribution in [0.15, 0.2) is 27.9 Å². The predicted octanol–water partition coefficient (Wildman–Crippen LogP) is 4.49. The predicted molar refractivity (Wildman–Crippen MR) is 128 cm³/mol. The summed E-state index contributed by atoms with van der Waals surface area (Å²) in [7, 11) is -2.40. The van der Waals surface area contributed by atoms with E-state index in [4.69, 9.17) is 21.1 Å². The molecule has 1 saturated carbocycles. The van der Waals surface area contributed by atoms with Gasteiger partial charge in [-0.1, -0.05) is 32.4 Å². The van der Waals surface area contributed by atoms with E-state index in [0.29, 0.717) is 49.3 Å². The Labute approximate surface area is 203 Å². The van der Waals surface area contributed by atoms with E-state index in [-0.39, 0.29) is 21.7 Å². The van der Waals surface area contributed by atoms with Gasteiger partial charge in [0.05, 0.1) is 27.5 Å². The second-order valence-corrected chi connectivity index (χ2v) is 12.2. The number of carboxylic acid groups (broad SMARTS) is 1. The number of rotatable bonds is 7. The molecule has 1 aromatic carbocycles. The number of aromatic nitrogens is 1. The lowest BCUT2D eigenvalue weighted by Crippen LogP contribution is -2.36. The van der Waals surface area contributed by atoms with Crippen LogP contribution < -0.4 is 10.3 Å². The third-order valence-corrected chi connectivity index (χ3v) is 8.96. The number of hydrogen-bond acceptors (Lipinski definition) is 6. The SMILES string of the molecule is COCCCOc1cc2c(cc1Cl)-c1c(cc(C(=O)O)c(=O)n1C1CC1)C(C(C)(C)C)S2(=O)=O. The van der Waals surface area contributed by atoms with E-state index in [2.05, 4.69) is 0 Å². The Morgan fingerprint density at radius 1 is 1.21 bits per heavy atom. The number of benzene rings is 1. The van der Waals surface area contributed by atoms with Gasteiger partial charge in [0.15, 0.2) is 9.84 Å². The topological polar surface area (TPSA) is 112 Å². The van der Waals surface area contributed by atoms with Gasteiger partial charge in [0, 0.05) is 37.8 Å². The standard InChI is InChI=1S/C24H28ClNO7S/c1-24(2,3)21-15-10-16(23(28)29)22(27)26(13-6-7-13)20(15)14-11-17(25)18(33-9-5-8-32-4)12-19(14)34(21,30)31/h10-13,21H,5-9H2,1-4H3,(H,28,29). The lowest BCUT2D eigenvalue weighted by molar-refractivity contribution is 0.0694. The Balaban J connectivity index is 2.03. The molecule has 0 radical (unpaired) electrons. The molecule has 184 valence electrons. The molecule has 10 heteroatoms. The van der Waals surface area contributed by atoms with E-state index >= 15 is 0 Å². The molecule has 8 nitrogen and oxygen atoms in total. The first-order valence-corrected chi connectivity index (χ1v) is 13.0. The van der Waals surface area contributed by atoms with Crippen LogP contribution in [-0.2, 0) is 14.6 Å². The van der Waals surface area contributed by atoms with Crippen LogP contribution in [0.2, 0.25) is 5.02 Å². The number of ether oxygens (including phenoxy) is 2. The monoisotopic (exact) mass is 509 g/mol. The molecule has 0 spiro atoms. The summed E-state index contributed by atoms with van der Waals surface area (Å²) in [4.78, 5) is 25.1. The summed E-state index contributed by atoms with van der Waals surface area (Å²) in [5.41, 5.74) is -0.814. The highest BCUT2D eigenvalue weighted by Gasteiger charge is 2.48. The zero-order chi connectivity index (χ0) is 25.0. The van der Waals surface area contributed by atoms with Crippen LogP contribution >= 0.6 is 11.6 Å². The van der Waals surface area contributed by atoms with E-state index in [1.165, 1.54) is 22.8 Å². The fourth-order valence-electron chi connectivity index (χ4n) is 4.65. The fraction of sp³-hybridized carbons (Fsp3) is 0.500. The average Bonchev–Trinajstić information content (AvgIpc) is 3.55. The summed E-state index contributed by atoms with van der Waals surface area (Å²) < 4.78 is 40.2. The van der Waals surface area contributed by atoms with Gasteiger partial charge in [0.2, 0.25) is 0 Å². The molecule has 1 unspecified atom stereocenters. The van der Waals surface area contributed by atoms with Crippen molar-refractivity contribution in [3.63, 3.8) is 0 Å². The second-order valence-electron chi connectivity index (χ2n) is 9.84. The zero-order valence-electron chi connectivity index (χ0n) is 19.6. The molecule has 1 aliphatic carbocycles. The highest BCUT2D eigenvalue weighted by molar-refractivity contribution is 7.92. The molecule has 1 aliphatic heterocycles. The molecule has 2 aromatic rings. The molecule has 2 heterocycles. The van der Waals surface area contributed by atoms with Crippen molar-refractivity contribution in [1.29, 1.82) is 0 Å². The van der Waals surface area contributed by atoms with Crippen molar-refractivity contribution < 1.29 is 27.8 Å². The molecular formula is C24H28ClNO7S. The first-order chi connectivity index (χ1) is 15.9. The van der Waals surface area contributed by atoms with Crippen LogP contribution in [0.25, 0.3) is 11.3 Å². The molecule has 0 bridgehead atoms. The third-order valence-electron chi connectivity index (χ3n) is 6.13. The molecule has 2 aliphatic rings. The van der Waals surface area contributed by atoms with Gasteiger partial charge in [0.1, 0.15) is 11.3 Å². The van der Waals surface area contributed by atoms with Crippen LogP contribution in [0.4, 0.5) is 0 Å². The maximum Gasteiger partial charge on any atom is 0.341 e. The molecule has 1 fully saturated rings. The smallest absolute Gasteiger partial charge is 0.341 e. The lowest BCUT2D eigenvalue weighted by atomic mass is 9.84. The highest BCUT2D eigenvalue weighted by Crippen LogP contribution is 2.54. The number of fused-ring (bicyclic) bond motifs is 3. The van der Waals surface area contributed by atoms with Gasteiger partial charge < -0.3 is 19.1 Å². The van der Waals surface area contributed by atoms with Crippen LogP contribution in [-0.4, -0.2) is 44.4 Å². The summed E-state index contributed by atoms with van der Waals surface area (Å²) in [6.45, 7) is 6.14. The molecule has 1 N–H and O–H groups in total. The Hall–Kier alpha value is -2.36. The minimum absolute atomic E-state index is 0.0305. The normalized spacial score (nSPS) is 18.8. The lowest BCUT2D eigenvalue weighted by Gasteiger charge is -2.37. The van der Waals surface area contributed by atoms with E-state index < -0.39 is 37.6 Å². The molecular weight excluding hydrogens is 482 g/mol. The van der Waals surface area contributed by atoms with Crippen LogP contribution in [0, 0.1) is 5.41 Å². The van der Waals surface area contributed by atoms with Crippen molar-refractivity contribution in [2.24, 2.45) is 5.41 Å². The quantitative estimate of drug-likeness (QED) is 0.547. The second kappa shape index (κ2) is 8.70. The maximum atomic E-state index is 14.0. The van der Waals surface area contributed by atoms with E-state index in [1.807, 2.05) is 0 Å². The molecule has 1 atom stereocenters. The van der Waals surface area contributed by atoms with Crippen molar-refractivity contribution in [3.8, 4) is 17.0 Å². The highest BCUT2D eigenvalue weighted by atomic mass is 35.5. The number of nitrogens with zero attached hydrogens (tertiary/aromatic N) is 1. The van der Waals surface area contributed by atoms with Crippen molar-refractivity contribution in [3.05, 3.63) is 44.7 Å². The fourth-order valence-corrected chi connectivity index (χ4v) is 7.30. The first-order valence-electron chi connectivity index (χ1n) is 11.1. The Kier molecular flexibility index (Phi) is 6.33. The van der Waals surface area contributed by atoms with E-state index in [9.17, 15) is 23.1 Å². The van der Waals surface area contributed by atoms with Crippen LogP contribution in [0.1, 0.15) is 67.2 Å². The minimum Gasteiger partial charge on any atom is -0.492 e. The Morgan fingerprint density at radius 3 is 2.44 bits per heavy atom. The van der Waals surface area contributed by atoms with Crippen LogP contribution in [0.5, 0.6) is 5.75 Å². The number of carbonyl (C=O) groups is 1. The van der Waals surface area contributed by atoms with E-state index in [1.54, 1.807) is 27.9 Å². The molecule has 1 aromatic heterocycles. The number of methoxy groups -OCH3 is 1. The third kappa shape index (κ3) is 4.14. The average molecular weight is 510 g/mol. The van der Waals surface area contributed by atoms with Crippen molar-refractivity contribution in [2.45, 2.75) is 56.2 Å². The van der Waals surface area contributed by atoms with Crippen molar-refractivity contribution in [1.82, 2.24) is 4.57 Å². The van der Waals surface area contributed by atoms with Gasteiger partial charge in [-0.2, -0.15) is 0 Å². The number of carboxylic acids is 1. The number of halogens is 1. The molecule has 4 rings (SSSR count). The largest absolute Gasteiger partial charge is 0.492 e. The van der Waals surface area contributed by atoms with E-state index in [0.717, 1.165) is 0 Å². The van der Waals surface area contributed by atoms with Gasteiger partial charge in [-0.15, -0.1) is 0 Å². The van der Waals surface area contributed by atoms with Gasteiger partial charge in [-0.05, 0) is 36.0 Å². The molecule has 0 amide bonds. The molecule has 34 heavy (non-hydrogen) atoms. The number of hydrogen-bond donors (Lipinski definition) is 1. The number of sulfone groups is 1. The van der Waals surface area contributed by atoms with Crippen LogP contribution in [0.3, 0.4) is 0 Å². The zero-order valence-corrected chi connectivity index (χ0v) is 21.1. The van der Waals surface area contributed by atoms with Gasteiger partial charge >= 0.3 is 5.97 Å².